The molecule has 5 heteroatoms. The van der Waals surface area contributed by atoms with E-state index in [0.29, 0.717) is 18.2 Å². The van der Waals surface area contributed by atoms with Crippen molar-refractivity contribution in [3.63, 3.8) is 0 Å². The highest BCUT2D eigenvalue weighted by Crippen LogP contribution is 2.14. The van der Waals surface area contributed by atoms with E-state index in [-0.39, 0.29) is 5.91 Å². The quantitative estimate of drug-likeness (QED) is 0.901. The molecule has 4 nitrogen and oxygen atoms in total. The summed E-state index contributed by atoms with van der Waals surface area (Å²) < 4.78 is 1.90. The van der Waals surface area contributed by atoms with Crippen molar-refractivity contribution in [2.24, 2.45) is 5.92 Å². The van der Waals surface area contributed by atoms with Gasteiger partial charge in [-0.3, -0.25) is 4.79 Å². The Bertz CT molecular complexity index is 502. The fourth-order valence-corrected chi connectivity index (χ4v) is 2.29. The van der Waals surface area contributed by atoms with Crippen LogP contribution in [0, 0.1) is 5.92 Å². The van der Waals surface area contributed by atoms with Gasteiger partial charge in [-0.15, -0.1) is 11.3 Å². The molecule has 0 unspecified atom stereocenters. The SMILES string of the molecule is CC(C)CCNC(=O)c1csc(-n2cccc2)n1. The van der Waals surface area contributed by atoms with Gasteiger partial charge in [0.05, 0.1) is 0 Å². The van der Waals surface area contributed by atoms with Crippen LogP contribution in [0.2, 0.25) is 0 Å². The normalized spacial score (nSPS) is 10.8. The van der Waals surface area contributed by atoms with Crippen LogP contribution in [0.15, 0.2) is 29.9 Å². The standard InChI is InChI=1S/C13H17N3OS/c1-10(2)5-6-14-12(17)11-9-18-13(15-11)16-7-3-4-8-16/h3-4,7-10H,5-6H2,1-2H3,(H,14,17). The highest BCUT2D eigenvalue weighted by atomic mass is 32.1. The molecule has 2 aromatic heterocycles. The van der Waals surface area contributed by atoms with Crippen molar-refractivity contribution in [3.8, 4) is 5.13 Å². The van der Waals surface area contributed by atoms with Crippen molar-refractivity contribution in [2.75, 3.05) is 6.54 Å². The zero-order valence-corrected chi connectivity index (χ0v) is 11.4. The van der Waals surface area contributed by atoms with E-state index in [0.717, 1.165) is 11.6 Å². The molecule has 0 radical (unpaired) electrons. The maximum Gasteiger partial charge on any atom is 0.270 e. The lowest BCUT2D eigenvalue weighted by Gasteiger charge is -2.05. The number of hydrogen-bond donors (Lipinski definition) is 1. The second-order valence-corrected chi connectivity index (χ2v) is 5.38. The van der Waals surface area contributed by atoms with Crippen LogP contribution in [0.4, 0.5) is 0 Å². The molecule has 0 aliphatic heterocycles. The Morgan fingerprint density at radius 3 is 2.83 bits per heavy atom. The molecule has 2 heterocycles. The summed E-state index contributed by atoms with van der Waals surface area (Å²) in [6, 6.07) is 3.87. The van der Waals surface area contributed by atoms with Crippen LogP contribution in [0.25, 0.3) is 5.13 Å². The monoisotopic (exact) mass is 263 g/mol. The van der Waals surface area contributed by atoms with Gasteiger partial charge in [0.25, 0.3) is 5.91 Å². The van der Waals surface area contributed by atoms with Crippen molar-refractivity contribution in [1.29, 1.82) is 0 Å². The van der Waals surface area contributed by atoms with Gasteiger partial charge in [-0.1, -0.05) is 13.8 Å². The molecule has 0 aromatic carbocycles. The molecular weight excluding hydrogens is 246 g/mol. The third-order valence-electron chi connectivity index (χ3n) is 2.56. The van der Waals surface area contributed by atoms with Gasteiger partial charge >= 0.3 is 0 Å². The fraction of sp³-hybridized carbons (Fsp3) is 0.385. The number of nitrogens with one attached hydrogen (secondary N) is 1. The first-order valence-electron chi connectivity index (χ1n) is 6.04. The summed E-state index contributed by atoms with van der Waals surface area (Å²) in [5, 5.41) is 5.49. The fourth-order valence-electron chi connectivity index (χ4n) is 1.51. The van der Waals surface area contributed by atoms with Crippen LogP contribution in [-0.4, -0.2) is 22.0 Å². The van der Waals surface area contributed by atoms with Gasteiger partial charge in [0.2, 0.25) is 0 Å². The molecule has 0 atom stereocenters. The highest BCUT2D eigenvalue weighted by Gasteiger charge is 2.10. The summed E-state index contributed by atoms with van der Waals surface area (Å²) >= 11 is 1.47. The Labute approximate surface area is 111 Å². The van der Waals surface area contributed by atoms with E-state index in [1.807, 2.05) is 29.1 Å². The number of carbonyl (C=O) groups is 1. The molecule has 2 rings (SSSR count). The lowest BCUT2D eigenvalue weighted by Crippen LogP contribution is -2.25. The molecule has 0 aliphatic carbocycles. The van der Waals surface area contributed by atoms with E-state index < -0.39 is 0 Å². The van der Waals surface area contributed by atoms with Crippen molar-refractivity contribution < 1.29 is 4.79 Å². The number of thiazole rings is 1. The predicted molar refractivity (Wildman–Crippen MR) is 73.2 cm³/mol. The van der Waals surface area contributed by atoms with Gasteiger partial charge in [-0.25, -0.2) is 4.98 Å². The Kier molecular flexibility index (Phi) is 4.15. The molecular formula is C13H17N3OS. The van der Waals surface area contributed by atoms with Crippen molar-refractivity contribution in [3.05, 3.63) is 35.6 Å². The number of amides is 1. The third-order valence-corrected chi connectivity index (χ3v) is 3.41. The average Bonchev–Trinajstić information content (AvgIpc) is 2.99. The predicted octanol–water partition coefficient (Wildman–Crippen LogP) is 2.71. The van der Waals surface area contributed by atoms with Gasteiger partial charge in [0, 0.05) is 24.3 Å². The van der Waals surface area contributed by atoms with Crippen molar-refractivity contribution in [2.45, 2.75) is 20.3 Å². The van der Waals surface area contributed by atoms with Crippen LogP contribution in [0.1, 0.15) is 30.8 Å². The number of aromatic nitrogens is 2. The van der Waals surface area contributed by atoms with Crippen LogP contribution in [0.3, 0.4) is 0 Å². The molecule has 2 aromatic rings. The van der Waals surface area contributed by atoms with Crippen molar-refractivity contribution in [1.82, 2.24) is 14.9 Å². The van der Waals surface area contributed by atoms with E-state index in [4.69, 9.17) is 0 Å². The van der Waals surface area contributed by atoms with Gasteiger partial charge in [0.1, 0.15) is 5.69 Å². The van der Waals surface area contributed by atoms with E-state index in [1.54, 1.807) is 5.38 Å². The summed E-state index contributed by atoms with van der Waals surface area (Å²) in [4.78, 5) is 16.2. The Balaban J connectivity index is 1.95. The first-order valence-corrected chi connectivity index (χ1v) is 6.92. The number of rotatable bonds is 5. The van der Waals surface area contributed by atoms with Gasteiger partial charge < -0.3 is 9.88 Å². The largest absolute Gasteiger partial charge is 0.351 e. The Morgan fingerprint density at radius 2 is 2.17 bits per heavy atom. The molecule has 96 valence electrons. The molecule has 18 heavy (non-hydrogen) atoms. The number of carbonyl (C=O) groups excluding carboxylic acids is 1. The van der Waals surface area contributed by atoms with Gasteiger partial charge in [-0.05, 0) is 24.5 Å². The highest BCUT2D eigenvalue weighted by molar-refractivity contribution is 7.12. The van der Waals surface area contributed by atoms with E-state index in [9.17, 15) is 4.79 Å². The minimum Gasteiger partial charge on any atom is -0.351 e. The lowest BCUT2D eigenvalue weighted by molar-refractivity contribution is 0.0947. The van der Waals surface area contributed by atoms with Crippen LogP contribution in [0.5, 0.6) is 0 Å². The summed E-state index contributed by atoms with van der Waals surface area (Å²) in [5.41, 5.74) is 0.493. The van der Waals surface area contributed by atoms with Crippen LogP contribution < -0.4 is 5.32 Å². The molecule has 1 N–H and O–H groups in total. The smallest absolute Gasteiger partial charge is 0.270 e. The third kappa shape index (κ3) is 3.20. The summed E-state index contributed by atoms with van der Waals surface area (Å²) in [6.45, 7) is 4.98. The van der Waals surface area contributed by atoms with Crippen LogP contribution >= 0.6 is 11.3 Å². The molecule has 0 saturated heterocycles. The lowest BCUT2D eigenvalue weighted by atomic mass is 10.1. The molecule has 1 amide bonds. The average molecular weight is 263 g/mol. The van der Waals surface area contributed by atoms with E-state index >= 15 is 0 Å². The van der Waals surface area contributed by atoms with Crippen molar-refractivity contribution >= 4 is 17.2 Å². The second-order valence-electron chi connectivity index (χ2n) is 4.54. The summed E-state index contributed by atoms with van der Waals surface area (Å²) in [6.07, 6.45) is 4.82. The molecule has 0 saturated carbocycles. The maximum atomic E-state index is 11.8. The van der Waals surface area contributed by atoms with E-state index in [1.165, 1.54) is 11.3 Å². The summed E-state index contributed by atoms with van der Waals surface area (Å²) in [5.74, 6) is 0.501. The zero-order chi connectivity index (χ0) is 13.0. The second kappa shape index (κ2) is 5.82. The van der Waals surface area contributed by atoms with Crippen LogP contribution in [-0.2, 0) is 0 Å². The summed E-state index contributed by atoms with van der Waals surface area (Å²) in [7, 11) is 0. The topological polar surface area (TPSA) is 46.9 Å². The Hall–Kier alpha value is -1.62. The number of nitrogens with zero attached hydrogens (tertiary/aromatic N) is 2. The van der Waals surface area contributed by atoms with Gasteiger partial charge in [-0.2, -0.15) is 0 Å². The maximum absolute atomic E-state index is 11.8. The molecule has 0 aliphatic rings. The van der Waals surface area contributed by atoms with Gasteiger partial charge in [0.15, 0.2) is 5.13 Å². The Morgan fingerprint density at radius 1 is 1.44 bits per heavy atom. The number of hydrogen-bond acceptors (Lipinski definition) is 3. The molecule has 0 spiro atoms. The first-order chi connectivity index (χ1) is 8.66. The van der Waals surface area contributed by atoms with E-state index in [2.05, 4.69) is 24.1 Å². The first kappa shape index (κ1) is 12.8. The molecule has 0 bridgehead atoms. The molecule has 0 fully saturated rings. The minimum atomic E-state index is -0.0923. The zero-order valence-electron chi connectivity index (χ0n) is 10.6. The minimum absolute atomic E-state index is 0.0923.